The van der Waals surface area contributed by atoms with Crippen LogP contribution in [0.4, 0.5) is 0 Å². The number of nitrogens with one attached hydrogen (secondary N) is 1. The Kier molecular flexibility index (Phi) is 5.08. The quantitative estimate of drug-likeness (QED) is 0.825. The van der Waals surface area contributed by atoms with Gasteiger partial charge in [0.25, 0.3) is 5.91 Å². The summed E-state index contributed by atoms with van der Waals surface area (Å²) in [5.41, 5.74) is 0.625. The van der Waals surface area contributed by atoms with E-state index >= 15 is 0 Å². The number of hydrogen-bond donors (Lipinski definition) is 2. The van der Waals surface area contributed by atoms with Gasteiger partial charge in [-0.1, -0.05) is 0 Å². The summed E-state index contributed by atoms with van der Waals surface area (Å²) in [5, 5.41) is 11.3. The fraction of sp³-hybridized carbons (Fsp3) is 0.375. The van der Waals surface area contributed by atoms with Gasteiger partial charge >= 0.3 is 0 Å². The summed E-state index contributed by atoms with van der Waals surface area (Å²) >= 11 is 8.07. The molecule has 0 aliphatic heterocycles. The molecule has 0 saturated carbocycles. The van der Waals surface area contributed by atoms with Crippen molar-refractivity contribution in [2.24, 2.45) is 0 Å². The highest BCUT2D eigenvalue weighted by Crippen LogP contribution is 2.31. The molecule has 1 aromatic rings. The Morgan fingerprint density at radius 1 is 1.57 bits per heavy atom. The van der Waals surface area contributed by atoms with Gasteiger partial charge in [-0.25, -0.2) is 0 Å². The number of amides is 1. The summed E-state index contributed by atoms with van der Waals surface area (Å²) in [6.07, 6.45) is 0.578. The molecule has 0 bridgehead atoms. The number of aliphatic hydroxyl groups is 1. The molecule has 0 aliphatic carbocycles. The van der Waals surface area contributed by atoms with Crippen molar-refractivity contribution >= 4 is 49.1 Å². The molecular formula is C8H9Br2NO2S. The maximum Gasteiger partial charge on any atom is 0.253 e. The van der Waals surface area contributed by atoms with Gasteiger partial charge in [-0.05, 0) is 44.3 Å². The molecule has 0 spiro atoms. The molecule has 0 atom stereocenters. The SMILES string of the molecule is O=C(NCCCO)c1cc(Br)sc1Br. The van der Waals surface area contributed by atoms with Crippen molar-refractivity contribution in [3.63, 3.8) is 0 Å². The zero-order valence-electron chi connectivity index (χ0n) is 7.22. The lowest BCUT2D eigenvalue weighted by Crippen LogP contribution is -2.24. The monoisotopic (exact) mass is 341 g/mol. The van der Waals surface area contributed by atoms with Crippen LogP contribution in [0.2, 0.25) is 0 Å². The van der Waals surface area contributed by atoms with Gasteiger partial charge < -0.3 is 10.4 Å². The van der Waals surface area contributed by atoms with E-state index in [-0.39, 0.29) is 12.5 Å². The highest BCUT2D eigenvalue weighted by molar-refractivity contribution is 9.12. The van der Waals surface area contributed by atoms with Gasteiger partial charge in [-0.2, -0.15) is 0 Å². The molecule has 6 heteroatoms. The lowest BCUT2D eigenvalue weighted by Gasteiger charge is -2.01. The lowest BCUT2D eigenvalue weighted by atomic mass is 10.3. The molecule has 0 unspecified atom stereocenters. The molecule has 78 valence electrons. The van der Waals surface area contributed by atoms with Crippen molar-refractivity contribution in [1.29, 1.82) is 0 Å². The highest BCUT2D eigenvalue weighted by Gasteiger charge is 2.12. The van der Waals surface area contributed by atoms with Crippen LogP contribution in [-0.4, -0.2) is 24.2 Å². The molecule has 1 heterocycles. The molecule has 1 amide bonds. The first-order valence-electron chi connectivity index (χ1n) is 3.99. The van der Waals surface area contributed by atoms with E-state index in [1.54, 1.807) is 6.07 Å². The van der Waals surface area contributed by atoms with E-state index < -0.39 is 0 Å². The minimum Gasteiger partial charge on any atom is -0.396 e. The number of rotatable bonds is 4. The van der Waals surface area contributed by atoms with E-state index in [9.17, 15) is 4.79 Å². The third-order valence-corrected chi connectivity index (χ3v) is 3.86. The Hall–Kier alpha value is 0.0900. The Morgan fingerprint density at radius 3 is 2.79 bits per heavy atom. The second-order valence-corrected chi connectivity index (χ2v) is 6.32. The maximum atomic E-state index is 11.5. The third kappa shape index (κ3) is 3.34. The zero-order chi connectivity index (χ0) is 10.6. The molecule has 3 nitrogen and oxygen atoms in total. The van der Waals surface area contributed by atoms with E-state index in [2.05, 4.69) is 37.2 Å². The van der Waals surface area contributed by atoms with Crippen LogP contribution in [0.1, 0.15) is 16.8 Å². The van der Waals surface area contributed by atoms with Crippen LogP contribution >= 0.6 is 43.2 Å². The minimum atomic E-state index is -0.118. The summed E-state index contributed by atoms with van der Waals surface area (Å²) in [4.78, 5) is 11.5. The maximum absolute atomic E-state index is 11.5. The number of carbonyl (C=O) groups is 1. The first-order valence-corrected chi connectivity index (χ1v) is 6.39. The van der Waals surface area contributed by atoms with E-state index in [0.717, 1.165) is 7.57 Å². The Balaban J connectivity index is 2.56. The lowest BCUT2D eigenvalue weighted by molar-refractivity contribution is 0.0951. The highest BCUT2D eigenvalue weighted by atomic mass is 79.9. The van der Waals surface area contributed by atoms with Crippen molar-refractivity contribution in [3.05, 3.63) is 19.2 Å². The third-order valence-electron chi connectivity index (χ3n) is 1.52. The van der Waals surface area contributed by atoms with E-state index in [4.69, 9.17) is 5.11 Å². The van der Waals surface area contributed by atoms with Crippen LogP contribution in [0.5, 0.6) is 0 Å². The van der Waals surface area contributed by atoms with Crippen molar-refractivity contribution < 1.29 is 9.90 Å². The van der Waals surface area contributed by atoms with Crippen molar-refractivity contribution in [3.8, 4) is 0 Å². The van der Waals surface area contributed by atoms with Crippen LogP contribution in [-0.2, 0) is 0 Å². The second kappa shape index (κ2) is 5.85. The number of thiophene rings is 1. The average molecular weight is 343 g/mol. The standard InChI is InChI=1S/C8H9Br2NO2S/c9-6-4-5(7(10)14-6)8(13)11-2-1-3-12/h4,12H,1-3H2,(H,11,13). The molecule has 0 saturated heterocycles. The molecule has 0 aliphatic rings. The molecule has 0 radical (unpaired) electrons. The van der Waals surface area contributed by atoms with Crippen LogP contribution in [0.25, 0.3) is 0 Å². The van der Waals surface area contributed by atoms with Gasteiger partial charge in [0.05, 0.1) is 13.1 Å². The van der Waals surface area contributed by atoms with E-state index in [0.29, 0.717) is 18.5 Å². The molecular weight excluding hydrogens is 334 g/mol. The first-order chi connectivity index (χ1) is 6.65. The number of hydrogen-bond acceptors (Lipinski definition) is 3. The topological polar surface area (TPSA) is 49.3 Å². The van der Waals surface area contributed by atoms with Gasteiger partial charge in [0.2, 0.25) is 0 Å². The Labute approximate surface area is 103 Å². The summed E-state index contributed by atoms with van der Waals surface area (Å²) in [6.45, 7) is 0.587. The van der Waals surface area contributed by atoms with Gasteiger partial charge in [-0.15, -0.1) is 11.3 Å². The van der Waals surface area contributed by atoms with Crippen molar-refractivity contribution in [1.82, 2.24) is 5.32 Å². The summed E-state index contributed by atoms with van der Waals surface area (Å²) in [7, 11) is 0. The van der Waals surface area contributed by atoms with E-state index in [1.165, 1.54) is 11.3 Å². The summed E-state index contributed by atoms with van der Waals surface area (Å²) < 4.78 is 1.72. The number of aliphatic hydroxyl groups excluding tert-OH is 1. The fourth-order valence-electron chi connectivity index (χ4n) is 0.871. The largest absolute Gasteiger partial charge is 0.396 e. The van der Waals surface area contributed by atoms with E-state index in [1.807, 2.05) is 0 Å². The van der Waals surface area contributed by atoms with Crippen LogP contribution in [0.3, 0.4) is 0 Å². The van der Waals surface area contributed by atoms with Crippen molar-refractivity contribution in [2.45, 2.75) is 6.42 Å². The summed E-state index contributed by atoms with van der Waals surface area (Å²) in [6, 6.07) is 1.77. The number of halogens is 2. The van der Waals surface area contributed by atoms with Gasteiger partial charge in [0.15, 0.2) is 0 Å². The summed E-state index contributed by atoms with van der Waals surface area (Å²) in [5.74, 6) is -0.118. The van der Waals surface area contributed by atoms with Gasteiger partial charge in [0, 0.05) is 13.2 Å². The predicted octanol–water partition coefficient (Wildman–Crippen LogP) is 2.39. The molecule has 1 rings (SSSR count). The zero-order valence-corrected chi connectivity index (χ0v) is 11.2. The minimum absolute atomic E-state index is 0.0920. The fourth-order valence-corrected chi connectivity index (χ4v) is 3.66. The molecule has 2 N–H and O–H groups in total. The van der Waals surface area contributed by atoms with Crippen molar-refractivity contribution in [2.75, 3.05) is 13.2 Å². The molecule has 1 aromatic heterocycles. The van der Waals surface area contributed by atoms with Crippen LogP contribution < -0.4 is 5.32 Å². The van der Waals surface area contributed by atoms with Crippen LogP contribution in [0.15, 0.2) is 13.6 Å². The van der Waals surface area contributed by atoms with Gasteiger partial charge in [-0.3, -0.25) is 4.79 Å². The normalized spacial score (nSPS) is 10.2. The predicted molar refractivity (Wildman–Crippen MR) is 63.8 cm³/mol. The molecule has 0 aromatic carbocycles. The number of carbonyl (C=O) groups excluding carboxylic acids is 1. The van der Waals surface area contributed by atoms with Gasteiger partial charge in [0.1, 0.15) is 0 Å². The average Bonchev–Trinajstić information content (AvgIpc) is 2.45. The Bertz CT molecular complexity index is 327. The Morgan fingerprint density at radius 2 is 2.29 bits per heavy atom. The molecule has 0 fully saturated rings. The first kappa shape index (κ1) is 12.2. The smallest absolute Gasteiger partial charge is 0.253 e. The molecule has 14 heavy (non-hydrogen) atoms. The van der Waals surface area contributed by atoms with Crippen LogP contribution in [0, 0.1) is 0 Å². The second-order valence-electron chi connectivity index (χ2n) is 2.57.